The van der Waals surface area contributed by atoms with Gasteiger partial charge in [0.25, 0.3) is 11.8 Å². The number of hydrogen-bond donors (Lipinski definition) is 1. The average Bonchev–Trinajstić information content (AvgIpc) is 3.52. The van der Waals surface area contributed by atoms with E-state index in [1.807, 2.05) is 35.0 Å². The number of amides is 1. The zero-order valence-electron chi connectivity index (χ0n) is 20.0. The summed E-state index contributed by atoms with van der Waals surface area (Å²) in [5.74, 6) is 1.42. The highest BCUT2D eigenvalue weighted by molar-refractivity contribution is 5.94. The van der Waals surface area contributed by atoms with Crippen LogP contribution in [0.25, 0.3) is 17.3 Å². The van der Waals surface area contributed by atoms with Crippen molar-refractivity contribution in [3.05, 3.63) is 47.5 Å². The van der Waals surface area contributed by atoms with Gasteiger partial charge in [0.2, 0.25) is 5.89 Å². The number of aromatic nitrogens is 4. The van der Waals surface area contributed by atoms with E-state index in [-0.39, 0.29) is 5.91 Å². The maximum Gasteiger partial charge on any atom is 0.268 e. The second kappa shape index (κ2) is 10.3. The van der Waals surface area contributed by atoms with Crippen LogP contribution in [0, 0.1) is 12.8 Å². The fourth-order valence-electron chi connectivity index (χ4n) is 4.34. The molecule has 0 radical (unpaired) electrons. The number of aryl methyl sites for hydroxylation is 2. The van der Waals surface area contributed by atoms with Crippen LogP contribution in [0.4, 0.5) is 0 Å². The Balaban J connectivity index is 1.52. The van der Waals surface area contributed by atoms with E-state index in [2.05, 4.69) is 41.3 Å². The van der Waals surface area contributed by atoms with Crippen LogP contribution in [0.5, 0.6) is 0 Å². The number of rotatable bonds is 9. The van der Waals surface area contributed by atoms with E-state index in [1.54, 1.807) is 6.92 Å². The fraction of sp³-hybridized carbons (Fsp3) is 0.520. The summed E-state index contributed by atoms with van der Waals surface area (Å²) in [5, 5.41) is 15.9. The topological polar surface area (TPSA) is 89.1 Å². The molecule has 33 heavy (non-hydrogen) atoms. The molecule has 8 heteroatoms. The molecule has 1 N–H and O–H groups in total. The van der Waals surface area contributed by atoms with Crippen molar-refractivity contribution in [2.45, 2.75) is 58.9 Å². The Kier molecular flexibility index (Phi) is 7.23. The van der Waals surface area contributed by atoms with Gasteiger partial charge in [-0.2, -0.15) is 5.10 Å². The first kappa shape index (κ1) is 23.2. The molecule has 1 atom stereocenters. The number of carbonyl (C=O) groups excluding carboxylic acids is 1. The van der Waals surface area contributed by atoms with Crippen molar-refractivity contribution in [1.29, 1.82) is 0 Å². The van der Waals surface area contributed by atoms with Gasteiger partial charge in [0.05, 0.1) is 5.69 Å². The Morgan fingerprint density at radius 3 is 2.82 bits per heavy atom. The summed E-state index contributed by atoms with van der Waals surface area (Å²) in [6, 6.07) is 10.2. The monoisotopic (exact) mass is 450 g/mol. The van der Waals surface area contributed by atoms with Crippen molar-refractivity contribution >= 4 is 5.91 Å². The van der Waals surface area contributed by atoms with Crippen LogP contribution in [0.2, 0.25) is 0 Å². The number of hydrogen-bond acceptors (Lipinski definition) is 6. The molecule has 3 heterocycles. The van der Waals surface area contributed by atoms with Crippen LogP contribution in [-0.2, 0) is 6.42 Å². The summed E-state index contributed by atoms with van der Waals surface area (Å²) < 4.78 is 7.48. The Labute approximate surface area is 195 Å². The van der Waals surface area contributed by atoms with Crippen molar-refractivity contribution in [2.24, 2.45) is 5.92 Å². The van der Waals surface area contributed by atoms with Crippen LogP contribution in [0.3, 0.4) is 0 Å². The van der Waals surface area contributed by atoms with Crippen molar-refractivity contribution in [3.8, 4) is 17.3 Å². The Hall–Kier alpha value is -3.00. The molecule has 0 saturated carbocycles. The predicted octanol–water partition coefficient (Wildman–Crippen LogP) is 4.03. The van der Waals surface area contributed by atoms with Crippen LogP contribution in [0.15, 0.2) is 34.7 Å². The number of likely N-dealkylation sites (tertiary alicyclic amines) is 1. The van der Waals surface area contributed by atoms with Crippen molar-refractivity contribution < 1.29 is 9.21 Å². The molecule has 1 amide bonds. The number of carbonyl (C=O) groups is 1. The molecule has 1 unspecified atom stereocenters. The number of benzene rings is 1. The second-order valence-corrected chi connectivity index (χ2v) is 9.36. The molecule has 2 aromatic heterocycles. The lowest BCUT2D eigenvalue weighted by Crippen LogP contribution is -2.31. The Morgan fingerprint density at radius 2 is 2.12 bits per heavy atom. The molecule has 176 valence electrons. The van der Waals surface area contributed by atoms with Crippen LogP contribution < -0.4 is 5.32 Å². The van der Waals surface area contributed by atoms with Crippen molar-refractivity contribution in [1.82, 2.24) is 30.2 Å². The second-order valence-electron chi connectivity index (χ2n) is 9.36. The first-order valence-corrected chi connectivity index (χ1v) is 11.9. The molecule has 1 fully saturated rings. The smallest absolute Gasteiger partial charge is 0.268 e. The summed E-state index contributed by atoms with van der Waals surface area (Å²) in [7, 11) is 2.16. The quantitative estimate of drug-likeness (QED) is 0.529. The van der Waals surface area contributed by atoms with Gasteiger partial charge in [-0.1, -0.05) is 19.9 Å². The molecule has 0 spiro atoms. The summed E-state index contributed by atoms with van der Waals surface area (Å²) in [6.07, 6.45) is 5.33. The molecule has 0 bridgehead atoms. The SMILES string of the molecule is Cc1nnc(-c2cc(CCC(C)C)n(-c3cccc(C(=O)NCCC4CCCN4C)c3)n2)o1. The van der Waals surface area contributed by atoms with E-state index in [0.717, 1.165) is 37.2 Å². The van der Waals surface area contributed by atoms with E-state index in [9.17, 15) is 4.79 Å². The van der Waals surface area contributed by atoms with E-state index < -0.39 is 0 Å². The minimum absolute atomic E-state index is 0.0545. The van der Waals surface area contributed by atoms with Crippen LogP contribution in [-0.4, -0.2) is 57.0 Å². The number of nitrogens with one attached hydrogen (secondary N) is 1. The van der Waals surface area contributed by atoms with Gasteiger partial charge in [0.1, 0.15) is 5.69 Å². The minimum Gasteiger partial charge on any atom is -0.420 e. The van der Waals surface area contributed by atoms with Gasteiger partial charge < -0.3 is 14.6 Å². The summed E-state index contributed by atoms with van der Waals surface area (Å²) in [4.78, 5) is 15.2. The maximum absolute atomic E-state index is 12.8. The van der Waals surface area contributed by atoms with E-state index >= 15 is 0 Å². The largest absolute Gasteiger partial charge is 0.420 e. The number of nitrogens with zero attached hydrogens (tertiary/aromatic N) is 5. The van der Waals surface area contributed by atoms with Gasteiger partial charge >= 0.3 is 0 Å². The van der Waals surface area contributed by atoms with Crippen LogP contribution in [0.1, 0.15) is 61.5 Å². The van der Waals surface area contributed by atoms with E-state index in [1.165, 1.54) is 12.8 Å². The average molecular weight is 451 g/mol. The van der Waals surface area contributed by atoms with Gasteiger partial charge in [0, 0.05) is 30.8 Å². The third-order valence-electron chi connectivity index (χ3n) is 6.29. The van der Waals surface area contributed by atoms with Gasteiger partial charge in [-0.3, -0.25) is 4.79 Å². The molecule has 1 aliphatic heterocycles. The highest BCUT2D eigenvalue weighted by atomic mass is 16.4. The normalized spacial score (nSPS) is 16.6. The van der Waals surface area contributed by atoms with E-state index in [0.29, 0.717) is 41.5 Å². The summed E-state index contributed by atoms with van der Waals surface area (Å²) >= 11 is 0. The molecule has 1 aliphatic rings. The molecule has 1 saturated heterocycles. The third-order valence-corrected chi connectivity index (χ3v) is 6.29. The first-order valence-electron chi connectivity index (χ1n) is 11.9. The molecular weight excluding hydrogens is 416 g/mol. The van der Waals surface area contributed by atoms with Crippen molar-refractivity contribution in [2.75, 3.05) is 20.1 Å². The van der Waals surface area contributed by atoms with Crippen LogP contribution >= 0.6 is 0 Å². The molecule has 8 nitrogen and oxygen atoms in total. The van der Waals surface area contributed by atoms with Gasteiger partial charge in [-0.25, -0.2) is 4.68 Å². The third kappa shape index (κ3) is 5.68. The first-order chi connectivity index (χ1) is 15.9. The lowest BCUT2D eigenvalue weighted by molar-refractivity contribution is 0.0950. The predicted molar refractivity (Wildman–Crippen MR) is 127 cm³/mol. The summed E-state index contributed by atoms with van der Waals surface area (Å²) in [5.41, 5.74) is 3.17. The lowest BCUT2D eigenvalue weighted by Gasteiger charge is -2.19. The van der Waals surface area contributed by atoms with Gasteiger partial charge in [-0.15, -0.1) is 10.2 Å². The minimum atomic E-state index is -0.0545. The molecule has 1 aromatic carbocycles. The molecular formula is C25H34N6O2. The fourth-order valence-corrected chi connectivity index (χ4v) is 4.34. The molecule has 4 rings (SSSR count). The van der Waals surface area contributed by atoms with Gasteiger partial charge in [-0.05, 0) is 75.9 Å². The summed E-state index contributed by atoms with van der Waals surface area (Å²) in [6.45, 7) is 8.00. The molecule has 3 aromatic rings. The zero-order valence-corrected chi connectivity index (χ0v) is 20.0. The standard InChI is InChI=1S/C25H34N6O2/c1-17(2)10-11-22-16-23(25-28-27-18(3)33-25)29-31(22)21-8-5-7-19(15-21)24(32)26-13-12-20-9-6-14-30(20)4/h5,7-8,15-17,20H,6,9-14H2,1-4H3,(H,26,32). The maximum atomic E-state index is 12.8. The molecule has 0 aliphatic carbocycles. The zero-order chi connectivity index (χ0) is 23.4. The Morgan fingerprint density at radius 1 is 1.27 bits per heavy atom. The Bertz CT molecular complexity index is 1090. The van der Waals surface area contributed by atoms with Crippen molar-refractivity contribution in [3.63, 3.8) is 0 Å². The van der Waals surface area contributed by atoms with Gasteiger partial charge in [0.15, 0.2) is 0 Å². The van der Waals surface area contributed by atoms with E-state index in [4.69, 9.17) is 9.52 Å². The highest BCUT2D eigenvalue weighted by Gasteiger charge is 2.21. The lowest BCUT2D eigenvalue weighted by atomic mass is 10.1. The highest BCUT2D eigenvalue weighted by Crippen LogP contribution is 2.23.